The first-order chi connectivity index (χ1) is 13.9. The van der Waals surface area contributed by atoms with Gasteiger partial charge in [0.15, 0.2) is 0 Å². The van der Waals surface area contributed by atoms with Gasteiger partial charge >= 0.3 is 5.97 Å². The van der Waals surface area contributed by atoms with Gasteiger partial charge in [-0.25, -0.2) is 4.79 Å². The van der Waals surface area contributed by atoms with E-state index in [4.69, 9.17) is 9.47 Å². The predicted octanol–water partition coefficient (Wildman–Crippen LogP) is 3.57. The smallest absolute Gasteiger partial charge is 0.335 e. The van der Waals surface area contributed by atoms with Crippen LogP contribution in [0.25, 0.3) is 0 Å². The molecule has 2 aromatic carbocycles. The third-order valence-corrected chi connectivity index (χ3v) is 5.40. The standard InChI is InChI=1S/C23H27NO5/c1-3-29-20-6-4-19(5-7-20)23(8-10-28-11-9-23)15-24-21(25)17-12-16(2)13-18(14-17)22(26)27/h4-7,12-14H,3,8-11,15H2,1-2H3,(H,24,25)(H,26,27). The molecule has 0 atom stereocenters. The van der Waals surface area contributed by atoms with Crippen molar-refractivity contribution in [2.24, 2.45) is 0 Å². The third-order valence-electron chi connectivity index (χ3n) is 5.40. The number of aromatic carboxylic acids is 1. The maximum atomic E-state index is 12.8. The lowest BCUT2D eigenvalue weighted by atomic mass is 9.74. The first-order valence-electron chi connectivity index (χ1n) is 9.88. The molecule has 0 aliphatic carbocycles. The van der Waals surface area contributed by atoms with Gasteiger partial charge in [0, 0.05) is 30.7 Å². The van der Waals surface area contributed by atoms with Crippen LogP contribution in [0.1, 0.15) is 51.6 Å². The van der Waals surface area contributed by atoms with E-state index in [-0.39, 0.29) is 16.9 Å². The van der Waals surface area contributed by atoms with Gasteiger partial charge in [0.1, 0.15) is 5.75 Å². The second-order valence-electron chi connectivity index (χ2n) is 7.43. The van der Waals surface area contributed by atoms with E-state index >= 15 is 0 Å². The second-order valence-corrected chi connectivity index (χ2v) is 7.43. The van der Waals surface area contributed by atoms with Crippen LogP contribution < -0.4 is 10.1 Å². The van der Waals surface area contributed by atoms with Crippen LogP contribution in [-0.4, -0.2) is 43.3 Å². The first kappa shape index (κ1) is 20.9. The Bertz CT molecular complexity index is 869. The van der Waals surface area contributed by atoms with E-state index in [1.165, 1.54) is 6.07 Å². The van der Waals surface area contributed by atoms with Gasteiger partial charge in [0.25, 0.3) is 5.91 Å². The molecule has 1 heterocycles. The van der Waals surface area contributed by atoms with Gasteiger partial charge in [-0.15, -0.1) is 0 Å². The molecule has 2 aromatic rings. The summed E-state index contributed by atoms with van der Waals surface area (Å²) in [5, 5.41) is 12.3. The maximum Gasteiger partial charge on any atom is 0.335 e. The van der Waals surface area contributed by atoms with Gasteiger partial charge in [0.05, 0.1) is 12.2 Å². The minimum atomic E-state index is -1.04. The normalized spacial score (nSPS) is 15.5. The van der Waals surface area contributed by atoms with Gasteiger partial charge in [-0.3, -0.25) is 4.79 Å². The van der Waals surface area contributed by atoms with Crippen molar-refractivity contribution in [1.29, 1.82) is 0 Å². The van der Waals surface area contributed by atoms with E-state index in [0.717, 1.165) is 29.7 Å². The highest BCUT2D eigenvalue weighted by Crippen LogP contribution is 2.35. The molecule has 0 bridgehead atoms. The largest absolute Gasteiger partial charge is 0.494 e. The summed E-state index contributed by atoms with van der Waals surface area (Å²) in [7, 11) is 0. The second kappa shape index (κ2) is 9.09. The van der Waals surface area contributed by atoms with Crippen molar-refractivity contribution in [1.82, 2.24) is 5.32 Å². The molecule has 1 amide bonds. The number of hydrogen-bond donors (Lipinski definition) is 2. The SMILES string of the molecule is CCOc1ccc(C2(CNC(=O)c3cc(C)cc(C(=O)O)c3)CCOCC2)cc1. The minimum absolute atomic E-state index is 0.113. The number of amides is 1. The number of carbonyl (C=O) groups excluding carboxylic acids is 1. The van der Waals surface area contributed by atoms with Crippen LogP contribution in [0.3, 0.4) is 0 Å². The van der Waals surface area contributed by atoms with Gasteiger partial charge < -0.3 is 19.9 Å². The summed E-state index contributed by atoms with van der Waals surface area (Å²) in [5.41, 5.74) is 2.12. The molecule has 1 aliphatic rings. The molecule has 1 aliphatic heterocycles. The molecule has 0 radical (unpaired) electrons. The van der Waals surface area contributed by atoms with Crippen LogP contribution in [-0.2, 0) is 10.2 Å². The molecule has 1 saturated heterocycles. The van der Waals surface area contributed by atoms with Gasteiger partial charge in [-0.1, -0.05) is 12.1 Å². The Labute approximate surface area is 170 Å². The number of nitrogens with one attached hydrogen (secondary N) is 1. The Balaban J connectivity index is 1.79. The zero-order chi connectivity index (χ0) is 20.9. The summed E-state index contributed by atoms with van der Waals surface area (Å²) in [4.78, 5) is 24.1. The molecule has 29 heavy (non-hydrogen) atoms. The van der Waals surface area contributed by atoms with Crippen molar-refractivity contribution in [2.75, 3.05) is 26.4 Å². The van der Waals surface area contributed by atoms with Crippen LogP contribution in [0.5, 0.6) is 5.75 Å². The van der Waals surface area contributed by atoms with E-state index in [9.17, 15) is 14.7 Å². The Hall–Kier alpha value is -2.86. The van der Waals surface area contributed by atoms with Gasteiger partial charge in [-0.05, 0) is 68.1 Å². The summed E-state index contributed by atoms with van der Waals surface area (Å²) < 4.78 is 11.1. The highest BCUT2D eigenvalue weighted by molar-refractivity contribution is 5.97. The van der Waals surface area contributed by atoms with Crippen molar-refractivity contribution in [3.05, 3.63) is 64.7 Å². The van der Waals surface area contributed by atoms with Gasteiger partial charge in [-0.2, -0.15) is 0 Å². The Morgan fingerprint density at radius 1 is 1.10 bits per heavy atom. The fraction of sp³-hybridized carbons (Fsp3) is 0.391. The fourth-order valence-corrected chi connectivity index (χ4v) is 3.79. The van der Waals surface area contributed by atoms with Crippen molar-refractivity contribution >= 4 is 11.9 Å². The number of aryl methyl sites for hydroxylation is 1. The molecule has 0 saturated carbocycles. The highest BCUT2D eigenvalue weighted by atomic mass is 16.5. The summed E-state index contributed by atoms with van der Waals surface area (Å²) in [5.74, 6) is -0.491. The van der Waals surface area contributed by atoms with E-state index in [1.807, 2.05) is 19.1 Å². The van der Waals surface area contributed by atoms with Crippen LogP contribution in [0.4, 0.5) is 0 Å². The predicted molar refractivity (Wildman–Crippen MR) is 110 cm³/mol. The molecule has 0 spiro atoms. The van der Waals surface area contributed by atoms with Crippen LogP contribution >= 0.6 is 0 Å². The minimum Gasteiger partial charge on any atom is -0.494 e. The monoisotopic (exact) mass is 397 g/mol. The number of hydrogen-bond acceptors (Lipinski definition) is 4. The average molecular weight is 397 g/mol. The topological polar surface area (TPSA) is 84.9 Å². The Morgan fingerprint density at radius 2 is 1.76 bits per heavy atom. The van der Waals surface area contributed by atoms with Crippen LogP contribution in [0.2, 0.25) is 0 Å². The quantitative estimate of drug-likeness (QED) is 0.746. The summed E-state index contributed by atoms with van der Waals surface area (Å²) in [6.07, 6.45) is 1.60. The van der Waals surface area contributed by atoms with Crippen molar-refractivity contribution < 1.29 is 24.2 Å². The fourth-order valence-electron chi connectivity index (χ4n) is 3.79. The molecule has 0 aromatic heterocycles. The molecular formula is C23H27NO5. The number of rotatable bonds is 7. The highest BCUT2D eigenvalue weighted by Gasteiger charge is 2.35. The van der Waals surface area contributed by atoms with Crippen molar-refractivity contribution in [3.8, 4) is 5.75 Å². The number of carbonyl (C=O) groups is 2. The van der Waals surface area contributed by atoms with E-state index in [0.29, 0.717) is 31.9 Å². The lowest BCUT2D eigenvalue weighted by Gasteiger charge is -2.38. The zero-order valence-electron chi connectivity index (χ0n) is 16.9. The lowest BCUT2D eigenvalue weighted by Crippen LogP contribution is -2.44. The van der Waals surface area contributed by atoms with Crippen molar-refractivity contribution in [3.63, 3.8) is 0 Å². The zero-order valence-corrected chi connectivity index (χ0v) is 16.9. The van der Waals surface area contributed by atoms with Crippen LogP contribution in [0.15, 0.2) is 42.5 Å². The summed E-state index contributed by atoms with van der Waals surface area (Å²) >= 11 is 0. The molecular weight excluding hydrogens is 370 g/mol. The third kappa shape index (κ3) is 4.95. The number of carboxylic acids is 1. The van der Waals surface area contributed by atoms with E-state index in [2.05, 4.69) is 17.4 Å². The molecule has 0 unspecified atom stereocenters. The number of benzene rings is 2. The van der Waals surface area contributed by atoms with E-state index < -0.39 is 5.97 Å². The molecule has 1 fully saturated rings. The summed E-state index contributed by atoms with van der Waals surface area (Å²) in [6, 6.07) is 12.7. The first-order valence-corrected chi connectivity index (χ1v) is 9.88. The number of carboxylic acid groups (broad SMARTS) is 1. The molecule has 6 heteroatoms. The molecule has 3 rings (SSSR count). The van der Waals surface area contributed by atoms with Gasteiger partial charge in [0.2, 0.25) is 0 Å². The Morgan fingerprint density at radius 3 is 2.38 bits per heavy atom. The molecule has 6 nitrogen and oxygen atoms in total. The van der Waals surface area contributed by atoms with E-state index in [1.54, 1.807) is 19.1 Å². The maximum absolute atomic E-state index is 12.8. The molecule has 154 valence electrons. The Kier molecular flexibility index (Phi) is 6.54. The molecule has 2 N–H and O–H groups in total. The lowest BCUT2D eigenvalue weighted by molar-refractivity contribution is 0.0487. The summed E-state index contributed by atoms with van der Waals surface area (Å²) in [6.45, 7) is 6.07. The average Bonchev–Trinajstić information content (AvgIpc) is 2.73. The van der Waals surface area contributed by atoms with Crippen LogP contribution in [0, 0.1) is 6.92 Å². The van der Waals surface area contributed by atoms with Crippen molar-refractivity contribution in [2.45, 2.75) is 32.1 Å². The number of ether oxygens (including phenoxy) is 2.